The first-order chi connectivity index (χ1) is 10.5. The van der Waals surface area contributed by atoms with Gasteiger partial charge < -0.3 is 4.74 Å². The van der Waals surface area contributed by atoms with Gasteiger partial charge in [-0.05, 0) is 59.1 Å². The Balaban J connectivity index is 2.30. The van der Waals surface area contributed by atoms with E-state index in [1.165, 1.54) is 22.3 Å². The Hall–Kier alpha value is -1.76. The smallest absolute Gasteiger partial charge is 0.130 e. The second kappa shape index (κ2) is 6.03. The highest BCUT2D eigenvalue weighted by Gasteiger charge is 2.17. The Morgan fingerprint density at radius 1 is 0.609 bits per heavy atom. The van der Waals surface area contributed by atoms with E-state index in [-0.39, 0.29) is 10.8 Å². The lowest BCUT2D eigenvalue weighted by atomic mass is 9.86. The van der Waals surface area contributed by atoms with Gasteiger partial charge in [-0.1, -0.05) is 65.8 Å². The third-order valence-corrected chi connectivity index (χ3v) is 4.30. The Kier molecular flexibility index (Phi) is 4.61. The summed E-state index contributed by atoms with van der Waals surface area (Å²) in [5.74, 6) is 1.87. The van der Waals surface area contributed by atoms with Crippen LogP contribution in [0.4, 0.5) is 0 Å². The van der Waals surface area contributed by atoms with Crippen molar-refractivity contribution in [3.8, 4) is 11.5 Å². The monoisotopic (exact) mass is 310 g/mol. The van der Waals surface area contributed by atoms with Gasteiger partial charge in [0.15, 0.2) is 0 Å². The highest BCUT2D eigenvalue weighted by molar-refractivity contribution is 5.45. The van der Waals surface area contributed by atoms with Gasteiger partial charge in [0.2, 0.25) is 0 Å². The highest BCUT2D eigenvalue weighted by Crippen LogP contribution is 2.33. The molecule has 0 fully saturated rings. The lowest BCUT2D eigenvalue weighted by Gasteiger charge is -2.22. The first kappa shape index (κ1) is 17.6. The van der Waals surface area contributed by atoms with Gasteiger partial charge in [0.25, 0.3) is 0 Å². The van der Waals surface area contributed by atoms with Gasteiger partial charge in [0, 0.05) is 0 Å². The molecule has 1 heteroatoms. The zero-order chi connectivity index (χ0) is 17.4. The van der Waals surface area contributed by atoms with Crippen molar-refractivity contribution in [2.24, 2.45) is 0 Å². The molecular weight excluding hydrogens is 280 g/mol. The van der Waals surface area contributed by atoms with Gasteiger partial charge in [-0.15, -0.1) is 0 Å². The number of hydrogen-bond acceptors (Lipinski definition) is 1. The average molecular weight is 310 g/mol. The van der Waals surface area contributed by atoms with Crippen molar-refractivity contribution < 1.29 is 4.74 Å². The van der Waals surface area contributed by atoms with Crippen LogP contribution < -0.4 is 4.74 Å². The summed E-state index contributed by atoms with van der Waals surface area (Å²) < 4.78 is 6.18. The van der Waals surface area contributed by atoms with E-state index in [4.69, 9.17) is 4.74 Å². The Morgan fingerprint density at radius 3 is 1.22 bits per heavy atom. The zero-order valence-electron chi connectivity index (χ0n) is 15.9. The molecule has 0 aliphatic heterocycles. The van der Waals surface area contributed by atoms with Crippen LogP contribution in [-0.4, -0.2) is 0 Å². The number of hydrogen-bond donors (Lipinski definition) is 0. The number of rotatable bonds is 2. The van der Waals surface area contributed by atoms with Gasteiger partial charge in [0.1, 0.15) is 11.5 Å². The first-order valence-electron chi connectivity index (χ1n) is 8.38. The second-order valence-corrected chi connectivity index (χ2v) is 8.56. The summed E-state index contributed by atoms with van der Waals surface area (Å²) in [4.78, 5) is 0. The molecule has 0 heterocycles. The number of ether oxygens (including phenoxy) is 1. The van der Waals surface area contributed by atoms with Crippen molar-refractivity contribution in [2.45, 2.75) is 66.2 Å². The third kappa shape index (κ3) is 4.16. The summed E-state index contributed by atoms with van der Waals surface area (Å²) in [6.45, 7) is 17.6. The molecule has 1 nitrogen and oxygen atoms in total. The largest absolute Gasteiger partial charge is 0.457 e. The third-order valence-electron chi connectivity index (χ3n) is 4.30. The first-order valence-corrected chi connectivity index (χ1v) is 8.38. The zero-order valence-corrected chi connectivity index (χ0v) is 15.9. The van der Waals surface area contributed by atoms with Crippen LogP contribution >= 0.6 is 0 Å². The van der Waals surface area contributed by atoms with E-state index in [0.29, 0.717) is 0 Å². The molecule has 0 saturated heterocycles. The summed E-state index contributed by atoms with van der Waals surface area (Å²) in [5, 5.41) is 0. The van der Waals surface area contributed by atoms with Crippen molar-refractivity contribution in [1.82, 2.24) is 0 Å². The lowest BCUT2D eigenvalue weighted by Crippen LogP contribution is -2.11. The molecule has 2 aromatic rings. The predicted octanol–water partition coefficient (Wildman–Crippen LogP) is 6.69. The SMILES string of the molecule is Cc1cc(C(C)(C)C)ccc1Oc1ccc(C(C)(C)C)cc1C. The molecule has 0 spiro atoms. The van der Waals surface area contributed by atoms with E-state index < -0.39 is 0 Å². The molecule has 0 unspecified atom stereocenters. The summed E-state index contributed by atoms with van der Waals surface area (Å²) >= 11 is 0. The Bertz CT molecular complexity index is 635. The van der Waals surface area contributed by atoms with Crippen molar-refractivity contribution in [1.29, 1.82) is 0 Å². The summed E-state index contributed by atoms with van der Waals surface area (Å²) in [6.07, 6.45) is 0. The van der Waals surface area contributed by atoms with Crippen LogP contribution in [0.5, 0.6) is 11.5 Å². The summed E-state index contributed by atoms with van der Waals surface area (Å²) in [7, 11) is 0. The van der Waals surface area contributed by atoms with E-state index >= 15 is 0 Å². The second-order valence-electron chi connectivity index (χ2n) is 8.56. The molecule has 0 radical (unpaired) electrons. The minimum absolute atomic E-state index is 0.160. The van der Waals surface area contributed by atoms with Gasteiger partial charge >= 0.3 is 0 Å². The van der Waals surface area contributed by atoms with Gasteiger partial charge in [-0.25, -0.2) is 0 Å². The van der Waals surface area contributed by atoms with Crippen molar-refractivity contribution >= 4 is 0 Å². The summed E-state index contributed by atoms with van der Waals surface area (Å²) in [5.41, 5.74) is 5.35. The van der Waals surface area contributed by atoms with E-state index in [9.17, 15) is 0 Å². The minimum Gasteiger partial charge on any atom is -0.457 e. The Morgan fingerprint density at radius 2 is 0.957 bits per heavy atom. The quantitative estimate of drug-likeness (QED) is 0.600. The van der Waals surface area contributed by atoms with E-state index in [1.54, 1.807) is 0 Å². The van der Waals surface area contributed by atoms with Gasteiger partial charge in [-0.2, -0.15) is 0 Å². The van der Waals surface area contributed by atoms with Crippen molar-refractivity contribution in [2.75, 3.05) is 0 Å². The molecule has 2 aromatic carbocycles. The fraction of sp³-hybridized carbons (Fsp3) is 0.455. The minimum atomic E-state index is 0.160. The molecule has 0 bridgehead atoms. The molecule has 0 N–H and O–H groups in total. The van der Waals surface area contributed by atoms with Crippen LogP contribution in [0.15, 0.2) is 36.4 Å². The maximum Gasteiger partial charge on any atom is 0.130 e. The fourth-order valence-electron chi connectivity index (χ4n) is 2.58. The van der Waals surface area contributed by atoms with Gasteiger partial charge in [0.05, 0.1) is 0 Å². The normalized spacial score (nSPS) is 12.3. The molecular formula is C22H30O. The molecule has 0 aliphatic carbocycles. The van der Waals surface area contributed by atoms with E-state index in [1.807, 2.05) is 0 Å². The molecule has 124 valence electrons. The van der Waals surface area contributed by atoms with Crippen LogP contribution in [0.25, 0.3) is 0 Å². The molecule has 23 heavy (non-hydrogen) atoms. The molecule has 0 aliphatic rings. The fourth-order valence-corrected chi connectivity index (χ4v) is 2.58. The standard InChI is InChI=1S/C22H30O/c1-15-13-17(21(3,4)5)9-11-19(15)23-20-12-10-18(14-16(20)2)22(6,7)8/h9-14H,1-8H3. The average Bonchev–Trinajstić information content (AvgIpc) is 2.40. The molecule has 0 saturated carbocycles. The van der Waals surface area contributed by atoms with Crippen LogP contribution in [0.1, 0.15) is 63.8 Å². The van der Waals surface area contributed by atoms with Crippen molar-refractivity contribution in [3.63, 3.8) is 0 Å². The van der Waals surface area contributed by atoms with Crippen LogP contribution in [0.3, 0.4) is 0 Å². The Labute approximate surface area is 141 Å². The highest BCUT2D eigenvalue weighted by atomic mass is 16.5. The molecule has 0 amide bonds. The number of benzene rings is 2. The maximum atomic E-state index is 6.18. The van der Waals surface area contributed by atoms with E-state index in [2.05, 4.69) is 91.8 Å². The molecule has 0 atom stereocenters. The van der Waals surface area contributed by atoms with Crippen molar-refractivity contribution in [3.05, 3.63) is 58.7 Å². The van der Waals surface area contributed by atoms with Crippen LogP contribution in [-0.2, 0) is 10.8 Å². The maximum absolute atomic E-state index is 6.18. The molecule has 0 aromatic heterocycles. The summed E-state index contributed by atoms with van der Waals surface area (Å²) in [6, 6.07) is 13.0. The van der Waals surface area contributed by atoms with Gasteiger partial charge in [-0.3, -0.25) is 0 Å². The van der Waals surface area contributed by atoms with E-state index in [0.717, 1.165) is 11.5 Å². The number of aryl methyl sites for hydroxylation is 2. The molecule has 2 rings (SSSR count). The van der Waals surface area contributed by atoms with Crippen LogP contribution in [0, 0.1) is 13.8 Å². The van der Waals surface area contributed by atoms with Crippen LogP contribution in [0.2, 0.25) is 0 Å². The lowest BCUT2D eigenvalue weighted by molar-refractivity contribution is 0.472. The predicted molar refractivity (Wildman–Crippen MR) is 99.8 cm³/mol. The topological polar surface area (TPSA) is 9.23 Å².